The van der Waals surface area contributed by atoms with Gasteiger partial charge in [0.15, 0.2) is 12.6 Å². The Balaban J connectivity index is 0.00000280. The van der Waals surface area contributed by atoms with Crippen molar-refractivity contribution in [2.75, 3.05) is 20.2 Å². The van der Waals surface area contributed by atoms with Gasteiger partial charge < -0.3 is 20.7 Å². The zero-order valence-electron chi connectivity index (χ0n) is 15.9. The van der Waals surface area contributed by atoms with Crippen LogP contribution in [0.1, 0.15) is 24.0 Å². The number of rotatable bonds is 9. The normalized spacial score (nSPS) is 13.4. The van der Waals surface area contributed by atoms with E-state index in [4.69, 9.17) is 4.74 Å². The fourth-order valence-electron chi connectivity index (χ4n) is 2.52. The number of halogens is 1. The predicted octanol–water partition coefficient (Wildman–Crippen LogP) is 2.93. The Morgan fingerprint density at radius 3 is 2.61 bits per heavy atom. The minimum Gasteiger partial charge on any atom is -0.484 e. The molecule has 0 radical (unpaired) electrons. The minimum absolute atomic E-state index is 0. The van der Waals surface area contributed by atoms with Crippen LogP contribution in [0.4, 0.5) is 0 Å². The average Bonchev–Trinajstić information content (AvgIpc) is 3.34. The molecule has 0 bridgehead atoms. The summed E-state index contributed by atoms with van der Waals surface area (Å²) in [5.41, 5.74) is 2.45. The minimum atomic E-state index is -0.0490. The molecule has 1 amide bonds. The molecule has 0 atom stereocenters. The number of carbonyl (C=O) groups excluding carboxylic acids is 1. The number of hydrogen-bond acceptors (Lipinski definition) is 4. The quantitative estimate of drug-likeness (QED) is 0.274. The van der Waals surface area contributed by atoms with Crippen LogP contribution in [0.15, 0.2) is 46.1 Å². The number of hydrogen-bond donors (Lipinski definition) is 3. The van der Waals surface area contributed by atoms with E-state index in [9.17, 15) is 4.79 Å². The van der Waals surface area contributed by atoms with E-state index >= 15 is 0 Å². The summed E-state index contributed by atoms with van der Waals surface area (Å²) in [5.74, 6) is 1.46. The third-order valence-corrected chi connectivity index (χ3v) is 4.94. The van der Waals surface area contributed by atoms with Crippen LogP contribution >= 0.6 is 35.3 Å². The maximum absolute atomic E-state index is 11.6. The first kappa shape index (κ1) is 22.5. The highest BCUT2D eigenvalue weighted by atomic mass is 127. The van der Waals surface area contributed by atoms with Crippen LogP contribution in [-0.4, -0.2) is 38.1 Å². The van der Waals surface area contributed by atoms with Gasteiger partial charge in [0.2, 0.25) is 0 Å². The number of nitrogens with zero attached hydrogens (tertiary/aromatic N) is 1. The molecule has 8 heteroatoms. The Hall–Kier alpha value is -1.81. The van der Waals surface area contributed by atoms with Crippen LogP contribution in [0.3, 0.4) is 0 Å². The largest absolute Gasteiger partial charge is 0.484 e. The zero-order chi connectivity index (χ0) is 18.9. The summed E-state index contributed by atoms with van der Waals surface area (Å²) in [4.78, 5) is 15.9. The number of guanidine groups is 1. The maximum Gasteiger partial charge on any atom is 0.258 e. The molecule has 6 nitrogen and oxygen atoms in total. The molecule has 1 aliphatic carbocycles. The van der Waals surface area contributed by atoms with Crippen molar-refractivity contribution in [3.63, 3.8) is 0 Å². The first-order chi connectivity index (χ1) is 13.2. The third-order valence-electron chi connectivity index (χ3n) is 4.21. The lowest BCUT2D eigenvalue weighted by Crippen LogP contribution is -2.37. The Morgan fingerprint density at radius 2 is 1.96 bits per heavy atom. The number of nitrogens with one attached hydrogen (secondary N) is 3. The highest BCUT2D eigenvalue weighted by molar-refractivity contribution is 14.0. The molecule has 1 aromatic heterocycles. The van der Waals surface area contributed by atoms with Gasteiger partial charge in [-0.25, -0.2) is 0 Å². The van der Waals surface area contributed by atoms with Gasteiger partial charge >= 0.3 is 0 Å². The lowest BCUT2D eigenvalue weighted by molar-refractivity contribution is -0.123. The number of benzene rings is 1. The van der Waals surface area contributed by atoms with E-state index in [2.05, 4.69) is 37.8 Å². The van der Waals surface area contributed by atoms with Gasteiger partial charge in [-0.15, -0.1) is 24.0 Å². The third kappa shape index (κ3) is 8.05. The SMILES string of the molecule is CN=C(NCCc1ccc(OCC(=O)NC2CC2)cc1)NCc1ccsc1.I. The van der Waals surface area contributed by atoms with E-state index in [0.29, 0.717) is 11.8 Å². The number of ether oxygens (including phenoxy) is 1. The van der Waals surface area contributed by atoms with Gasteiger partial charge in [0.05, 0.1) is 0 Å². The predicted molar refractivity (Wildman–Crippen MR) is 125 cm³/mol. The fraction of sp³-hybridized carbons (Fsp3) is 0.400. The van der Waals surface area contributed by atoms with Crippen molar-refractivity contribution in [2.45, 2.75) is 31.8 Å². The molecule has 152 valence electrons. The summed E-state index contributed by atoms with van der Waals surface area (Å²) >= 11 is 1.69. The van der Waals surface area contributed by atoms with Crippen molar-refractivity contribution in [1.29, 1.82) is 0 Å². The average molecular weight is 514 g/mol. The Kier molecular flexibility index (Phi) is 9.56. The van der Waals surface area contributed by atoms with Crippen molar-refractivity contribution in [1.82, 2.24) is 16.0 Å². The van der Waals surface area contributed by atoms with Crippen LogP contribution in [0.2, 0.25) is 0 Å². The lowest BCUT2D eigenvalue weighted by atomic mass is 10.1. The van der Waals surface area contributed by atoms with Crippen LogP contribution in [0.5, 0.6) is 5.75 Å². The molecule has 1 heterocycles. The number of amides is 1. The van der Waals surface area contributed by atoms with Gasteiger partial charge in [0.1, 0.15) is 5.75 Å². The van der Waals surface area contributed by atoms with Crippen molar-refractivity contribution >= 4 is 47.2 Å². The van der Waals surface area contributed by atoms with Gasteiger partial charge in [0, 0.05) is 26.2 Å². The Morgan fingerprint density at radius 1 is 1.18 bits per heavy atom. The molecule has 1 aliphatic rings. The van der Waals surface area contributed by atoms with Crippen molar-refractivity contribution in [3.8, 4) is 5.75 Å². The van der Waals surface area contributed by atoms with Crippen LogP contribution in [0, 0.1) is 0 Å². The summed E-state index contributed by atoms with van der Waals surface area (Å²) in [7, 11) is 1.77. The van der Waals surface area contributed by atoms with E-state index < -0.39 is 0 Å². The van der Waals surface area contributed by atoms with Gasteiger partial charge in [-0.3, -0.25) is 9.79 Å². The zero-order valence-corrected chi connectivity index (χ0v) is 19.1. The number of carbonyl (C=O) groups is 1. The number of thiophene rings is 1. The van der Waals surface area contributed by atoms with E-state index in [0.717, 1.165) is 38.3 Å². The second kappa shape index (κ2) is 11.9. The fourth-order valence-corrected chi connectivity index (χ4v) is 3.19. The molecular weight excluding hydrogens is 487 g/mol. The first-order valence-electron chi connectivity index (χ1n) is 9.19. The van der Waals surface area contributed by atoms with Crippen molar-refractivity contribution < 1.29 is 9.53 Å². The standard InChI is InChI=1S/C20H26N4O2S.HI/c1-21-20(23-12-16-9-11-27-14-16)22-10-8-15-2-6-18(7-3-15)26-13-19(25)24-17-4-5-17;/h2-3,6-7,9,11,14,17H,4-5,8,10,12-13H2,1H3,(H,24,25)(H2,21,22,23);1H. The highest BCUT2D eigenvalue weighted by Crippen LogP contribution is 2.18. The Labute approximate surface area is 187 Å². The van der Waals surface area contributed by atoms with Gasteiger partial charge in [-0.2, -0.15) is 11.3 Å². The van der Waals surface area contributed by atoms with E-state index in [1.807, 2.05) is 24.3 Å². The molecule has 2 aromatic rings. The molecule has 3 N–H and O–H groups in total. The molecular formula is C20H27IN4O2S. The summed E-state index contributed by atoms with van der Waals surface area (Å²) in [5, 5.41) is 13.7. The molecule has 1 saturated carbocycles. The monoisotopic (exact) mass is 514 g/mol. The molecule has 28 heavy (non-hydrogen) atoms. The second-order valence-electron chi connectivity index (χ2n) is 6.51. The maximum atomic E-state index is 11.6. The van der Waals surface area contributed by atoms with E-state index in [-0.39, 0.29) is 36.5 Å². The molecule has 0 saturated heterocycles. The van der Waals surface area contributed by atoms with Crippen LogP contribution < -0.4 is 20.7 Å². The molecule has 0 unspecified atom stereocenters. The first-order valence-corrected chi connectivity index (χ1v) is 10.1. The second-order valence-corrected chi connectivity index (χ2v) is 7.29. The number of aliphatic imine (C=N–C) groups is 1. The van der Waals surface area contributed by atoms with Crippen LogP contribution in [0.25, 0.3) is 0 Å². The van der Waals surface area contributed by atoms with E-state index in [1.54, 1.807) is 18.4 Å². The van der Waals surface area contributed by atoms with Crippen molar-refractivity contribution in [2.24, 2.45) is 4.99 Å². The molecule has 1 aromatic carbocycles. The molecule has 3 rings (SSSR count). The summed E-state index contributed by atoms with van der Waals surface area (Å²) in [6.45, 7) is 1.63. The van der Waals surface area contributed by atoms with Crippen molar-refractivity contribution in [3.05, 3.63) is 52.2 Å². The van der Waals surface area contributed by atoms with Gasteiger partial charge in [0.25, 0.3) is 5.91 Å². The summed E-state index contributed by atoms with van der Waals surface area (Å²) in [6.07, 6.45) is 3.05. The van der Waals surface area contributed by atoms with Crippen LogP contribution in [-0.2, 0) is 17.8 Å². The smallest absolute Gasteiger partial charge is 0.258 e. The molecule has 0 spiro atoms. The van der Waals surface area contributed by atoms with Gasteiger partial charge in [-0.05, 0) is 59.3 Å². The lowest BCUT2D eigenvalue weighted by Gasteiger charge is -2.11. The topological polar surface area (TPSA) is 74.8 Å². The summed E-state index contributed by atoms with van der Waals surface area (Å²) < 4.78 is 5.52. The molecule has 1 fully saturated rings. The van der Waals surface area contributed by atoms with E-state index in [1.165, 1.54) is 11.1 Å². The highest BCUT2D eigenvalue weighted by Gasteiger charge is 2.23. The summed E-state index contributed by atoms with van der Waals surface area (Å²) in [6, 6.07) is 10.3. The molecule has 0 aliphatic heterocycles. The Bertz CT molecular complexity index is 746. The van der Waals surface area contributed by atoms with Gasteiger partial charge in [-0.1, -0.05) is 12.1 Å².